The lowest BCUT2D eigenvalue weighted by atomic mass is 10.1. The zero-order valence-corrected chi connectivity index (χ0v) is 8.26. The number of aromatic amines is 1. The van der Waals surface area contributed by atoms with Crippen LogP contribution in [0, 0.1) is 6.92 Å². The van der Waals surface area contributed by atoms with Crippen LogP contribution in [-0.2, 0) is 0 Å². The summed E-state index contributed by atoms with van der Waals surface area (Å²) >= 11 is 0. The largest absolute Gasteiger partial charge is 0.343 e. The number of nitrogens with one attached hydrogen (secondary N) is 1. The summed E-state index contributed by atoms with van der Waals surface area (Å²) in [6.07, 6.45) is 0. The molecule has 0 unspecified atom stereocenters. The number of nitrogens with zero attached hydrogens (tertiary/aromatic N) is 1. The molecule has 0 aliphatic carbocycles. The lowest BCUT2D eigenvalue weighted by molar-refractivity contribution is 0.835. The van der Waals surface area contributed by atoms with E-state index in [1.54, 1.807) is 0 Å². The van der Waals surface area contributed by atoms with Gasteiger partial charge in [-0.15, -0.1) is 0 Å². The van der Waals surface area contributed by atoms with Crippen LogP contribution in [0.15, 0.2) is 18.2 Å². The molecule has 2 nitrogen and oxygen atoms in total. The molecule has 1 N–H and O–H groups in total. The van der Waals surface area contributed by atoms with E-state index in [0.717, 1.165) is 11.3 Å². The first-order valence-electron chi connectivity index (χ1n) is 4.63. The monoisotopic (exact) mass is 174 g/mol. The highest BCUT2D eigenvalue weighted by atomic mass is 14.9. The molecule has 0 fully saturated rings. The van der Waals surface area contributed by atoms with Gasteiger partial charge in [0.1, 0.15) is 5.65 Å². The van der Waals surface area contributed by atoms with Crippen LogP contribution >= 0.6 is 0 Å². The molecule has 0 aromatic carbocycles. The Kier molecular flexibility index (Phi) is 1.83. The molecule has 0 aliphatic rings. The van der Waals surface area contributed by atoms with Crippen molar-refractivity contribution in [2.75, 3.05) is 0 Å². The third-order valence-electron chi connectivity index (χ3n) is 2.26. The Hall–Kier alpha value is -1.31. The molecule has 0 bridgehead atoms. The van der Waals surface area contributed by atoms with Crippen LogP contribution in [0.1, 0.15) is 31.2 Å². The van der Waals surface area contributed by atoms with E-state index < -0.39 is 0 Å². The van der Waals surface area contributed by atoms with Crippen molar-refractivity contribution in [3.63, 3.8) is 0 Å². The van der Waals surface area contributed by atoms with Gasteiger partial charge >= 0.3 is 0 Å². The minimum absolute atomic E-state index is 0.537. The zero-order valence-electron chi connectivity index (χ0n) is 8.26. The lowest BCUT2D eigenvalue weighted by Crippen LogP contribution is -1.86. The van der Waals surface area contributed by atoms with E-state index >= 15 is 0 Å². The van der Waals surface area contributed by atoms with Gasteiger partial charge in [-0.25, -0.2) is 4.98 Å². The highest BCUT2D eigenvalue weighted by Crippen LogP contribution is 2.19. The highest BCUT2D eigenvalue weighted by molar-refractivity contribution is 5.76. The Morgan fingerprint density at radius 2 is 2.08 bits per heavy atom. The summed E-state index contributed by atoms with van der Waals surface area (Å²) in [5, 5.41) is 1.20. The fourth-order valence-corrected chi connectivity index (χ4v) is 1.44. The number of rotatable bonds is 1. The Balaban J connectivity index is 2.62. The van der Waals surface area contributed by atoms with Gasteiger partial charge in [-0.1, -0.05) is 13.8 Å². The fraction of sp³-hybridized carbons (Fsp3) is 0.364. The molecule has 0 aliphatic heterocycles. The maximum absolute atomic E-state index is 4.42. The fourth-order valence-electron chi connectivity index (χ4n) is 1.44. The van der Waals surface area contributed by atoms with Crippen molar-refractivity contribution in [3.8, 4) is 0 Å². The van der Waals surface area contributed by atoms with Crippen LogP contribution in [0.2, 0.25) is 0 Å². The highest BCUT2D eigenvalue weighted by Gasteiger charge is 2.04. The molecule has 2 rings (SSSR count). The average molecular weight is 174 g/mol. The van der Waals surface area contributed by atoms with Crippen LogP contribution in [0.4, 0.5) is 0 Å². The van der Waals surface area contributed by atoms with E-state index in [0.29, 0.717) is 5.92 Å². The van der Waals surface area contributed by atoms with Gasteiger partial charge in [-0.05, 0) is 31.0 Å². The molecule has 0 saturated heterocycles. The van der Waals surface area contributed by atoms with Gasteiger partial charge in [0.25, 0.3) is 0 Å². The summed E-state index contributed by atoms with van der Waals surface area (Å²) in [6.45, 7) is 6.37. The van der Waals surface area contributed by atoms with Crippen molar-refractivity contribution in [1.82, 2.24) is 9.97 Å². The van der Waals surface area contributed by atoms with Gasteiger partial charge in [-0.3, -0.25) is 0 Å². The van der Waals surface area contributed by atoms with Crippen molar-refractivity contribution >= 4 is 11.0 Å². The van der Waals surface area contributed by atoms with Gasteiger partial charge in [0.2, 0.25) is 0 Å². The van der Waals surface area contributed by atoms with Gasteiger partial charge in [0.05, 0.1) is 0 Å². The van der Waals surface area contributed by atoms with Crippen LogP contribution in [-0.4, -0.2) is 9.97 Å². The Bertz CT molecular complexity index is 427. The van der Waals surface area contributed by atoms with E-state index in [-0.39, 0.29) is 0 Å². The normalized spacial score (nSPS) is 11.4. The van der Waals surface area contributed by atoms with Crippen molar-refractivity contribution < 1.29 is 0 Å². The number of fused-ring (bicyclic) bond motifs is 1. The van der Waals surface area contributed by atoms with Crippen LogP contribution in [0.25, 0.3) is 11.0 Å². The zero-order chi connectivity index (χ0) is 9.42. The molecule has 2 aromatic heterocycles. The number of aryl methyl sites for hydroxylation is 1. The van der Waals surface area contributed by atoms with Gasteiger partial charge in [-0.2, -0.15) is 0 Å². The van der Waals surface area contributed by atoms with Crippen molar-refractivity contribution in [3.05, 3.63) is 29.6 Å². The predicted octanol–water partition coefficient (Wildman–Crippen LogP) is 2.99. The van der Waals surface area contributed by atoms with Crippen LogP contribution in [0.3, 0.4) is 0 Å². The molecular formula is C11H14N2. The summed E-state index contributed by atoms with van der Waals surface area (Å²) in [5.74, 6) is 0.537. The van der Waals surface area contributed by atoms with Crippen molar-refractivity contribution in [2.45, 2.75) is 26.7 Å². The molecular weight excluding hydrogens is 160 g/mol. The maximum Gasteiger partial charge on any atom is 0.137 e. The summed E-state index contributed by atoms with van der Waals surface area (Å²) in [5.41, 5.74) is 3.32. The topological polar surface area (TPSA) is 28.7 Å². The molecule has 68 valence electrons. The van der Waals surface area contributed by atoms with E-state index in [1.165, 1.54) is 11.1 Å². The molecule has 0 saturated carbocycles. The Morgan fingerprint density at radius 3 is 2.77 bits per heavy atom. The summed E-state index contributed by atoms with van der Waals surface area (Å²) < 4.78 is 0. The van der Waals surface area contributed by atoms with Crippen LogP contribution in [0.5, 0.6) is 0 Å². The van der Waals surface area contributed by atoms with E-state index in [4.69, 9.17) is 0 Å². The molecule has 2 heterocycles. The first-order chi connectivity index (χ1) is 6.16. The number of pyridine rings is 1. The standard InChI is InChI=1S/C11H14N2/c1-7(2)10-6-9-5-4-8(3)12-11(9)13-10/h4-7H,1-3H3,(H,12,13). The van der Waals surface area contributed by atoms with Gasteiger partial charge in [0.15, 0.2) is 0 Å². The van der Waals surface area contributed by atoms with Gasteiger partial charge in [0, 0.05) is 16.8 Å². The second kappa shape index (κ2) is 2.87. The molecule has 0 spiro atoms. The minimum atomic E-state index is 0.537. The first kappa shape index (κ1) is 8.30. The smallest absolute Gasteiger partial charge is 0.137 e. The molecule has 2 heteroatoms. The Morgan fingerprint density at radius 1 is 1.31 bits per heavy atom. The third-order valence-corrected chi connectivity index (χ3v) is 2.26. The number of hydrogen-bond acceptors (Lipinski definition) is 1. The summed E-state index contributed by atoms with van der Waals surface area (Å²) in [6, 6.07) is 6.33. The van der Waals surface area contributed by atoms with Gasteiger partial charge < -0.3 is 4.98 Å². The molecule has 2 aromatic rings. The lowest BCUT2D eigenvalue weighted by Gasteiger charge is -1.97. The SMILES string of the molecule is Cc1ccc2cc(C(C)C)[nH]c2n1. The molecule has 13 heavy (non-hydrogen) atoms. The second-order valence-electron chi connectivity index (χ2n) is 3.77. The Labute approximate surface area is 78.0 Å². The van der Waals surface area contributed by atoms with Crippen LogP contribution < -0.4 is 0 Å². The average Bonchev–Trinajstić information content (AvgIpc) is 2.46. The number of H-pyrrole nitrogens is 1. The maximum atomic E-state index is 4.42. The molecule has 0 radical (unpaired) electrons. The summed E-state index contributed by atoms with van der Waals surface area (Å²) in [4.78, 5) is 7.75. The minimum Gasteiger partial charge on any atom is -0.343 e. The molecule has 0 amide bonds. The van der Waals surface area contributed by atoms with E-state index in [9.17, 15) is 0 Å². The predicted molar refractivity (Wildman–Crippen MR) is 54.9 cm³/mol. The number of hydrogen-bond donors (Lipinski definition) is 1. The third kappa shape index (κ3) is 1.44. The molecule has 0 atom stereocenters. The first-order valence-corrected chi connectivity index (χ1v) is 4.63. The van der Waals surface area contributed by atoms with E-state index in [1.807, 2.05) is 13.0 Å². The van der Waals surface area contributed by atoms with Crippen molar-refractivity contribution in [1.29, 1.82) is 0 Å². The quantitative estimate of drug-likeness (QED) is 0.707. The van der Waals surface area contributed by atoms with E-state index in [2.05, 4.69) is 35.9 Å². The van der Waals surface area contributed by atoms with Crippen molar-refractivity contribution in [2.24, 2.45) is 0 Å². The number of aromatic nitrogens is 2. The summed E-state index contributed by atoms with van der Waals surface area (Å²) in [7, 11) is 0. The second-order valence-corrected chi connectivity index (χ2v) is 3.77.